The topological polar surface area (TPSA) is 35.6 Å². The van der Waals surface area contributed by atoms with Crippen molar-refractivity contribution in [2.45, 2.75) is 31.3 Å². The molecule has 27 heavy (non-hydrogen) atoms. The number of nitrogens with one attached hydrogen (secondary N) is 1. The lowest BCUT2D eigenvalue weighted by Crippen LogP contribution is -2.68. The minimum Gasteiger partial charge on any atom is -0.378 e. The van der Waals surface area contributed by atoms with Crippen molar-refractivity contribution in [1.29, 1.82) is 0 Å². The number of carbonyl (C=O) groups is 1. The number of hydrogen-bond acceptors (Lipinski definition) is 3. The van der Waals surface area contributed by atoms with E-state index in [0.717, 1.165) is 12.1 Å². The Morgan fingerprint density at radius 1 is 1.07 bits per heavy atom. The molecular formula is C23H27N3O. The number of hydrogen-bond donors (Lipinski definition) is 1. The summed E-state index contributed by atoms with van der Waals surface area (Å²) < 4.78 is 0. The molecule has 1 atom stereocenters. The van der Waals surface area contributed by atoms with Crippen molar-refractivity contribution in [2.75, 3.05) is 30.4 Å². The molecule has 1 N–H and O–H groups in total. The van der Waals surface area contributed by atoms with E-state index >= 15 is 0 Å². The van der Waals surface area contributed by atoms with Gasteiger partial charge in [-0.25, -0.2) is 0 Å². The van der Waals surface area contributed by atoms with E-state index in [0.29, 0.717) is 6.42 Å². The summed E-state index contributed by atoms with van der Waals surface area (Å²) in [5, 5.41) is 3.32. The second-order valence-corrected chi connectivity index (χ2v) is 8.18. The molecule has 2 aliphatic heterocycles. The Kier molecular flexibility index (Phi) is 4.02. The highest BCUT2D eigenvalue weighted by atomic mass is 16.2. The molecule has 1 fully saturated rings. The van der Waals surface area contributed by atoms with E-state index in [-0.39, 0.29) is 11.3 Å². The van der Waals surface area contributed by atoms with Gasteiger partial charge < -0.3 is 15.1 Å². The number of benzene rings is 2. The van der Waals surface area contributed by atoms with Crippen LogP contribution < -0.4 is 15.1 Å². The average molecular weight is 361 g/mol. The third kappa shape index (κ3) is 2.62. The third-order valence-corrected chi connectivity index (χ3v) is 6.07. The van der Waals surface area contributed by atoms with Gasteiger partial charge in [0.2, 0.25) is 5.91 Å². The van der Waals surface area contributed by atoms with Crippen molar-refractivity contribution >= 4 is 23.4 Å². The lowest BCUT2D eigenvalue weighted by Gasteiger charge is -2.49. The highest BCUT2D eigenvalue weighted by Crippen LogP contribution is 2.52. The van der Waals surface area contributed by atoms with Crippen molar-refractivity contribution in [3.05, 3.63) is 65.7 Å². The maximum atomic E-state index is 12.4. The lowest BCUT2D eigenvalue weighted by molar-refractivity contribution is -0.124. The zero-order valence-electron chi connectivity index (χ0n) is 16.5. The molecule has 0 saturated carbocycles. The molecule has 4 heteroatoms. The molecule has 0 unspecified atom stereocenters. The summed E-state index contributed by atoms with van der Waals surface area (Å²) in [5.74, 6) is 0.111. The van der Waals surface area contributed by atoms with Gasteiger partial charge in [-0.1, -0.05) is 50.3 Å². The van der Waals surface area contributed by atoms with Gasteiger partial charge in [0.25, 0.3) is 0 Å². The Hall–Kier alpha value is -2.75. The molecule has 0 aliphatic carbocycles. The van der Waals surface area contributed by atoms with E-state index in [9.17, 15) is 4.79 Å². The van der Waals surface area contributed by atoms with Gasteiger partial charge in [-0.05, 0) is 35.4 Å². The van der Waals surface area contributed by atoms with Crippen LogP contribution >= 0.6 is 0 Å². The van der Waals surface area contributed by atoms with Gasteiger partial charge >= 0.3 is 0 Å². The number of carbonyl (C=O) groups excluding carboxylic acids is 1. The van der Waals surface area contributed by atoms with Crippen molar-refractivity contribution in [3.8, 4) is 0 Å². The lowest BCUT2D eigenvalue weighted by atomic mass is 9.74. The molecule has 0 aromatic heterocycles. The molecule has 2 aromatic carbocycles. The largest absolute Gasteiger partial charge is 0.378 e. The fourth-order valence-corrected chi connectivity index (χ4v) is 4.42. The summed E-state index contributed by atoms with van der Waals surface area (Å²) in [6, 6.07) is 17.0. The highest BCUT2D eigenvalue weighted by Gasteiger charge is 2.57. The van der Waals surface area contributed by atoms with E-state index in [4.69, 9.17) is 0 Å². The van der Waals surface area contributed by atoms with E-state index in [1.807, 2.05) is 14.1 Å². The Labute approximate surface area is 161 Å². The van der Waals surface area contributed by atoms with Gasteiger partial charge in [-0.15, -0.1) is 0 Å². The fourth-order valence-electron chi connectivity index (χ4n) is 4.42. The Balaban J connectivity index is 1.77. The molecular weight excluding hydrogens is 334 g/mol. The van der Waals surface area contributed by atoms with Crippen LogP contribution in [-0.2, 0) is 10.2 Å². The van der Waals surface area contributed by atoms with Crippen LogP contribution in [0.5, 0.6) is 0 Å². The van der Waals surface area contributed by atoms with Crippen LogP contribution in [0.25, 0.3) is 6.08 Å². The number of anilines is 2. The number of amides is 1. The summed E-state index contributed by atoms with van der Waals surface area (Å²) in [7, 11) is 4.08. The molecule has 1 amide bonds. The highest BCUT2D eigenvalue weighted by molar-refractivity contribution is 5.84. The van der Waals surface area contributed by atoms with Gasteiger partial charge in [0, 0.05) is 43.9 Å². The normalized spacial score (nSPS) is 23.1. The summed E-state index contributed by atoms with van der Waals surface area (Å²) in [4.78, 5) is 16.8. The minimum absolute atomic E-state index is 0.111. The number of fused-ring (bicyclic) bond motifs is 3. The molecule has 140 valence electrons. The summed E-state index contributed by atoms with van der Waals surface area (Å²) in [5.41, 5.74) is 4.01. The maximum Gasteiger partial charge on any atom is 0.223 e. The second kappa shape index (κ2) is 6.15. The van der Waals surface area contributed by atoms with Crippen molar-refractivity contribution in [3.63, 3.8) is 0 Å². The Bertz CT molecular complexity index is 898. The number of rotatable bonds is 3. The monoisotopic (exact) mass is 361 g/mol. The predicted molar refractivity (Wildman–Crippen MR) is 112 cm³/mol. The van der Waals surface area contributed by atoms with E-state index < -0.39 is 5.66 Å². The molecule has 4 nitrogen and oxygen atoms in total. The van der Waals surface area contributed by atoms with Crippen LogP contribution in [0.3, 0.4) is 0 Å². The first-order valence-corrected chi connectivity index (χ1v) is 9.50. The fraction of sp³-hybridized carbons (Fsp3) is 0.348. The predicted octanol–water partition coefficient (Wildman–Crippen LogP) is 3.78. The first-order valence-electron chi connectivity index (χ1n) is 9.50. The minimum atomic E-state index is -0.549. The smallest absolute Gasteiger partial charge is 0.223 e. The SMILES string of the molecule is CN(C)c1ccc(C=C[C@]23NC(=O)CCN2c2ccccc2C3(C)C)cc1. The quantitative estimate of drug-likeness (QED) is 0.904. The first kappa shape index (κ1) is 17.7. The van der Waals surface area contributed by atoms with Gasteiger partial charge in [0.1, 0.15) is 5.66 Å². The molecule has 2 aliphatic rings. The Morgan fingerprint density at radius 3 is 2.48 bits per heavy atom. The van der Waals surface area contributed by atoms with Crippen molar-refractivity contribution < 1.29 is 4.79 Å². The van der Waals surface area contributed by atoms with Gasteiger partial charge in [0.05, 0.1) is 0 Å². The maximum absolute atomic E-state index is 12.4. The molecule has 2 heterocycles. The zero-order chi connectivity index (χ0) is 19.2. The summed E-state index contributed by atoms with van der Waals surface area (Å²) >= 11 is 0. The zero-order valence-corrected chi connectivity index (χ0v) is 16.5. The number of nitrogens with zero attached hydrogens (tertiary/aromatic N) is 2. The van der Waals surface area contributed by atoms with Gasteiger partial charge in [-0.2, -0.15) is 0 Å². The molecule has 1 saturated heterocycles. The van der Waals surface area contributed by atoms with E-state index in [1.165, 1.54) is 16.9 Å². The molecule has 0 radical (unpaired) electrons. The van der Waals surface area contributed by atoms with Crippen LogP contribution in [0.1, 0.15) is 31.4 Å². The van der Waals surface area contributed by atoms with Crippen LogP contribution in [0.15, 0.2) is 54.6 Å². The van der Waals surface area contributed by atoms with Crippen LogP contribution in [0.4, 0.5) is 11.4 Å². The van der Waals surface area contributed by atoms with E-state index in [1.54, 1.807) is 0 Å². The van der Waals surface area contributed by atoms with Gasteiger partial charge in [0.15, 0.2) is 0 Å². The van der Waals surface area contributed by atoms with Gasteiger partial charge in [-0.3, -0.25) is 4.79 Å². The summed E-state index contributed by atoms with van der Waals surface area (Å²) in [6.07, 6.45) is 4.83. The average Bonchev–Trinajstić information content (AvgIpc) is 2.85. The van der Waals surface area contributed by atoms with Crippen molar-refractivity contribution in [1.82, 2.24) is 5.32 Å². The molecule has 2 aromatic rings. The molecule has 4 rings (SSSR count). The van der Waals surface area contributed by atoms with Crippen molar-refractivity contribution in [2.24, 2.45) is 0 Å². The second-order valence-electron chi connectivity index (χ2n) is 8.18. The third-order valence-electron chi connectivity index (χ3n) is 6.07. The van der Waals surface area contributed by atoms with Crippen LogP contribution in [-0.4, -0.2) is 32.2 Å². The number of para-hydroxylation sites is 1. The standard InChI is InChI=1S/C23H27N3O/c1-22(2)19-7-5-6-8-20(19)26-16-14-21(27)24-23(22,26)15-13-17-9-11-18(12-10-17)25(3)4/h5-13,15H,14,16H2,1-4H3,(H,24,27)/t23-/m0/s1. The Morgan fingerprint density at radius 2 is 1.78 bits per heavy atom. The van der Waals surface area contributed by atoms with Crippen LogP contribution in [0.2, 0.25) is 0 Å². The summed E-state index contributed by atoms with van der Waals surface area (Å²) in [6.45, 7) is 5.17. The van der Waals surface area contributed by atoms with E-state index in [2.05, 4.69) is 89.6 Å². The van der Waals surface area contributed by atoms with Crippen LogP contribution in [0, 0.1) is 0 Å². The first-order chi connectivity index (χ1) is 12.8. The molecule has 0 bridgehead atoms. The molecule has 0 spiro atoms.